The average Bonchev–Trinajstić information content (AvgIpc) is 2.30. The molecule has 0 unspecified atom stereocenters. The number of aliphatic carboxylic acids is 1. The van der Waals surface area contributed by atoms with Crippen molar-refractivity contribution >= 4 is 29.3 Å². The van der Waals surface area contributed by atoms with Crippen molar-refractivity contribution in [3.8, 4) is 0 Å². The molecule has 9 heteroatoms. The molecule has 21 heavy (non-hydrogen) atoms. The fourth-order valence-corrected chi connectivity index (χ4v) is 1.98. The van der Waals surface area contributed by atoms with Crippen molar-refractivity contribution in [2.24, 2.45) is 0 Å². The summed E-state index contributed by atoms with van der Waals surface area (Å²) in [6.07, 6.45) is -4.85. The number of carboxylic acid groups (broad SMARTS) is 1. The third-order valence-electron chi connectivity index (χ3n) is 2.18. The SMILES string of the molecule is O=C(O)Cc1ccc(NC(=O)CSCC(F)(F)F)cc1F. The van der Waals surface area contributed by atoms with E-state index in [1.54, 1.807) is 0 Å². The molecule has 0 bridgehead atoms. The maximum atomic E-state index is 13.5. The van der Waals surface area contributed by atoms with Crippen molar-refractivity contribution < 1.29 is 32.3 Å². The summed E-state index contributed by atoms with van der Waals surface area (Å²) < 4.78 is 49.2. The van der Waals surface area contributed by atoms with Gasteiger partial charge in [-0.1, -0.05) is 6.07 Å². The highest BCUT2D eigenvalue weighted by molar-refractivity contribution is 8.00. The number of rotatable bonds is 6. The second-order valence-corrected chi connectivity index (χ2v) is 5.02. The molecule has 2 N–H and O–H groups in total. The molecule has 0 radical (unpaired) electrons. The lowest BCUT2D eigenvalue weighted by atomic mass is 10.1. The first-order valence-electron chi connectivity index (χ1n) is 5.62. The van der Waals surface area contributed by atoms with Crippen LogP contribution in [0.2, 0.25) is 0 Å². The van der Waals surface area contributed by atoms with Crippen LogP contribution in [-0.2, 0) is 16.0 Å². The van der Waals surface area contributed by atoms with Gasteiger partial charge in [0.15, 0.2) is 0 Å². The van der Waals surface area contributed by atoms with Gasteiger partial charge in [-0.3, -0.25) is 9.59 Å². The highest BCUT2D eigenvalue weighted by atomic mass is 32.2. The van der Waals surface area contributed by atoms with Crippen LogP contribution in [0, 0.1) is 5.82 Å². The number of amides is 1. The Morgan fingerprint density at radius 3 is 2.48 bits per heavy atom. The number of thioether (sulfide) groups is 1. The van der Waals surface area contributed by atoms with Gasteiger partial charge in [0.05, 0.1) is 17.9 Å². The van der Waals surface area contributed by atoms with E-state index < -0.39 is 41.8 Å². The Kier molecular flexibility index (Phi) is 6.01. The van der Waals surface area contributed by atoms with Crippen LogP contribution in [-0.4, -0.2) is 34.7 Å². The summed E-state index contributed by atoms with van der Waals surface area (Å²) in [7, 11) is 0. The van der Waals surface area contributed by atoms with Gasteiger partial charge in [-0.15, -0.1) is 11.8 Å². The van der Waals surface area contributed by atoms with E-state index in [0.29, 0.717) is 11.8 Å². The number of nitrogens with one attached hydrogen (secondary N) is 1. The lowest BCUT2D eigenvalue weighted by Crippen LogP contribution is -2.18. The van der Waals surface area contributed by atoms with Crippen molar-refractivity contribution in [3.63, 3.8) is 0 Å². The maximum absolute atomic E-state index is 13.5. The molecular weight excluding hydrogens is 314 g/mol. The molecule has 0 heterocycles. The molecule has 0 aliphatic heterocycles. The van der Waals surface area contributed by atoms with Gasteiger partial charge in [-0.2, -0.15) is 13.2 Å². The van der Waals surface area contributed by atoms with E-state index in [1.807, 2.05) is 0 Å². The summed E-state index contributed by atoms with van der Waals surface area (Å²) in [4.78, 5) is 21.8. The van der Waals surface area contributed by atoms with Crippen LogP contribution in [0.25, 0.3) is 0 Å². The minimum atomic E-state index is -4.35. The van der Waals surface area contributed by atoms with E-state index in [0.717, 1.165) is 6.07 Å². The van der Waals surface area contributed by atoms with E-state index in [1.165, 1.54) is 12.1 Å². The van der Waals surface area contributed by atoms with Crippen molar-refractivity contribution in [3.05, 3.63) is 29.6 Å². The van der Waals surface area contributed by atoms with Gasteiger partial charge >= 0.3 is 12.1 Å². The topological polar surface area (TPSA) is 66.4 Å². The predicted octanol–water partition coefficient (Wildman–Crippen LogP) is 2.69. The highest BCUT2D eigenvalue weighted by Crippen LogP contribution is 2.21. The van der Waals surface area contributed by atoms with Crippen LogP contribution in [0.4, 0.5) is 23.2 Å². The lowest BCUT2D eigenvalue weighted by molar-refractivity contribution is -0.136. The Bertz CT molecular complexity index is 534. The summed E-state index contributed by atoms with van der Waals surface area (Å²) in [5.74, 6) is -4.27. The Labute approximate surface area is 121 Å². The first-order valence-corrected chi connectivity index (χ1v) is 6.77. The summed E-state index contributed by atoms with van der Waals surface area (Å²) >= 11 is 0.395. The van der Waals surface area contributed by atoms with Crippen molar-refractivity contribution in [1.29, 1.82) is 0 Å². The van der Waals surface area contributed by atoms with Gasteiger partial charge in [-0.25, -0.2) is 4.39 Å². The summed E-state index contributed by atoms with van der Waals surface area (Å²) in [6, 6.07) is 3.40. The van der Waals surface area contributed by atoms with Gasteiger partial charge in [0, 0.05) is 5.69 Å². The van der Waals surface area contributed by atoms with Gasteiger partial charge in [0.2, 0.25) is 5.91 Å². The molecule has 1 aromatic rings. The minimum Gasteiger partial charge on any atom is -0.481 e. The van der Waals surface area contributed by atoms with Crippen LogP contribution >= 0.6 is 11.8 Å². The Hall–Kier alpha value is -1.77. The number of carboxylic acids is 1. The van der Waals surface area contributed by atoms with Crippen LogP contribution in [0.1, 0.15) is 5.56 Å². The van der Waals surface area contributed by atoms with E-state index in [9.17, 15) is 27.2 Å². The van der Waals surface area contributed by atoms with Gasteiger partial charge in [0.25, 0.3) is 0 Å². The number of benzene rings is 1. The van der Waals surface area contributed by atoms with Crippen LogP contribution in [0.3, 0.4) is 0 Å². The zero-order valence-electron chi connectivity index (χ0n) is 10.5. The fourth-order valence-electron chi connectivity index (χ4n) is 1.39. The number of hydrogen-bond donors (Lipinski definition) is 2. The van der Waals surface area contributed by atoms with Crippen LogP contribution in [0.15, 0.2) is 18.2 Å². The van der Waals surface area contributed by atoms with Gasteiger partial charge < -0.3 is 10.4 Å². The lowest BCUT2D eigenvalue weighted by Gasteiger charge is -2.08. The number of hydrogen-bond acceptors (Lipinski definition) is 3. The number of carbonyl (C=O) groups is 2. The van der Waals surface area contributed by atoms with Crippen LogP contribution in [0.5, 0.6) is 0 Å². The molecule has 1 aromatic carbocycles. The molecule has 4 nitrogen and oxygen atoms in total. The largest absolute Gasteiger partial charge is 0.481 e. The predicted molar refractivity (Wildman–Crippen MR) is 69.7 cm³/mol. The Morgan fingerprint density at radius 2 is 1.95 bits per heavy atom. The quantitative estimate of drug-likeness (QED) is 0.789. The first kappa shape index (κ1) is 17.3. The summed E-state index contributed by atoms with van der Waals surface area (Å²) in [5, 5.41) is 10.8. The monoisotopic (exact) mass is 325 g/mol. The number of carbonyl (C=O) groups excluding carboxylic acids is 1. The third-order valence-corrected chi connectivity index (χ3v) is 3.18. The molecule has 0 spiro atoms. The number of alkyl halides is 3. The minimum absolute atomic E-state index is 0.0491. The fraction of sp³-hybridized carbons (Fsp3) is 0.333. The molecular formula is C12H11F4NO3S. The maximum Gasteiger partial charge on any atom is 0.397 e. The number of anilines is 1. The van der Waals surface area contributed by atoms with Crippen LogP contribution < -0.4 is 5.32 Å². The standard InChI is InChI=1S/C12H11F4NO3S/c13-9-4-8(2-1-7(9)3-11(19)20)17-10(18)5-21-6-12(14,15)16/h1-2,4H,3,5-6H2,(H,17,18)(H,19,20). The zero-order chi connectivity index (χ0) is 16.0. The zero-order valence-corrected chi connectivity index (χ0v) is 11.4. The Morgan fingerprint density at radius 1 is 1.29 bits per heavy atom. The first-order chi connectivity index (χ1) is 9.67. The van der Waals surface area contributed by atoms with E-state index in [-0.39, 0.29) is 11.3 Å². The third kappa shape index (κ3) is 6.98. The molecule has 1 rings (SSSR count). The molecule has 1 amide bonds. The van der Waals surface area contributed by atoms with Gasteiger partial charge in [0.1, 0.15) is 5.82 Å². The smallest absolute Gasteiger partial charge is 0.397 e. The highest BCUT2D eigenvalue weighted by Gasteiger charge is 2.27. The van der Waals surface area contributed by atoms with E-state index >= 15 is 0 Å². The second-order valence-electron chi connectivity index (χ2n) is 4.03. The van der Waals surface area contributed by atoms with E-state index in [4.69, 9.17) is 5.11 Å². The molecule has 0 atom stereocenters. The summed E-state index contributed by atoms with van der Waals surface area (Å²) in [5.41, 5.74) is 0.00573. The molecule has 0 saturated heterocycles. The van der Waals surface area contributed by atoms with Crippen molar-refractivity contribution in [2.45, 2.75) is 12.6 Å². The Balaban J connectivity index is 2.53. The molecule has 0 fully saturated rings. The molecule has 0 aliphatic carbocycles. The van der Waals surface area contributed by atoms with E-state index in [2.05, 4.69) is 5.32 Å². The van der Waals surface area contributed by atoms with Crippen molar-refractivity contribution in [1.82, 2.24) is 0 Å². The number of halogens is 4. The average molecular weight is 325 g/mol. The second kappa shape index (κ2) is 7.30. The molecule has 0 saturated carbocycles. The molecule has 0 aliphatic rings. The van der Waals surface area contributed by atoms with Gasteiger partial charge in [-0.05, 0) is 17.7 Å². The normalized spacial score (nSPS) is 11.2. The summed E-state index contributed by atoms with van der Waals surface area (Å²) in [6.45, 7) is 0. The molecule has 0 aromatic heterocycles. The molecule has 116 valence electrons. The van der Waals surface area contributed by atoms with Crippen molar-refractivity contribution in [2.75, 3.05) is 16.8 Å².